The molecular formula is C28H37N3O3. The quantitative estimate of drug-likeness (QED) is 0.548. The molecule has 6 heteroatoms. The van der Waals surface area contributed by atoms with Gasteiger partial charge >= 0.3 is 0 Å². The molecule has 6 nitrogen and oxygen atoms in total. The first kappa shape index (κ1) is 24.3. The van der Waals surface area contributed by atoms with Crippen LogP contribution in [0.2, 0.25) is 0 Å². The van der Waals surface area contributed by atoms with Gasteiger partial charge in [-0.1, -0.05) is 42.5 Å². The molecule has 4 rings (SSSR count). The van der Waals surface area contributed by atoms with Crippen LogP contribution in [-0.2, 0) is 22.6 Å². The Morgan fingerprint density at radius 1 is 1.03 bits per heavy atom. The molecule has 2 amide bonds. The lowest BCUT2D eigenvalue weighted by molar-refractivity contribution is -0.129. The van der Waals surface area contributed by atoms with Crippen LogP contribution in [0.15, 0.2) is 54.6 Å². The molecule has 2 aromatic carbocycles. The summed E-state index contributed by atoms with van der Waals surface area (Å²) in [5.41, 5.74) is 2.49. The molecule has 182 valence electrons. The zero-order valence-corrected chi connectivity index (χ0v) is 20.2. The van der Waals surface area contributed by atoms with Gasteiger partial charge in [0, 0.05) is 26.1 Å². The van der Waals surface area contributed by atoms with Crippen LogP contribution in [0.3, 0.4) is 0 Å². The number of nitrogens with one attached hydrogen (secondary N) is 1. The van der Waals surface area contributed by atoms with Gasteiger partial charge in [-0.25, -0.2) is 0 Å². The molecular weight excluding hydrogens is 426 g/mol. The van der Waals surface area contributed by atoms with Crippen molar-refractivity contribution in [2.75, 3.05) is 39.8 Å². The molecule has 1 atom stereocenters. The molecule has 0 spiro atoms. The number of nitrogens with zero attached hydrogens (tertiary/aromatic N) is 2. The smallest absolute Gasteiger partial charge is 0.225 e. The van der Waals surface area contributed by atoms with Crippen LogP contribution >= 0.6 is 0 Å². The third-order valence-corrected chi connectivity index (χ3v) is 7.14. The summed E-state index contributed by atoms with van der Waals surface area (Å²) in [6.07, 6.45) is 4.92. The van der Waals surface area contributed by atoms with Gasteiger partial charge in [-0.05, 0) is 74.5 Å². The maximum absolute atomic E-state index is 12.6. The number of amides is 2. The Morgan fingerprint density at radius 2 is 1.76 bits per heavy atom. The van der Waals surface area contributed by atoms with E-state index in [1.807, 2.05) is 24.3 Å². The lowest BCUT2D eigenvalue weighted by Gasteiger charge is -2.32. The van der Waals surface area contributed by atoms with Crippen molar-refractivity contribution in [3.63, 3.8) is 0 Å². The summed E-state index contributed by atoms with van der Waals surface area (Å²) in [5, 5.41) is 3.06. The SMILES string of the molecule is COc1ccc(CN2C[C@H](C(=O)NCCCN3CCC(Cc4ccccc4)CC3)CC2=O)cc1. The molecule has 2 aromatic rings. The minimum atomic E-state index is -0.250. The van der Waals surface area contributed by atoms with E-state index in [1.54, 1.807) is 12.0 Å². The van der Waals surface area contributed by atoms with E-state index in [0.29, 0.717) is 26.1 Å². The molecule has 2 aliphatic heterocycles. The van der Waals surface area contributed by atoms with Gasteiger partial charge in [0.1, 0.15) is 5.75 Å². The molecule has 34 heavy (non-hydrogen) atoms. The highest BCUT2D eigenvalue weighted by atomic mass is 16.5. The van der Waals surface area contributed by atoms with Crippen molar-refractivity contribution < 1.29 is 14.3 Å². The summed E-state index contributed by atoms with van der Waals surface area (Å²) in [4.78, 5) is 29.3. The Morgan fingerprint density at radius 3 is 2.47 bits per heavy atom. The van der Waals surface area contributed by atoms with Crippen LogP contribution in [0.25, 0.3) is 0 Å². The first-order valence-corrected chi connectivity index (χ1v) is 12.6. The van der Waals surface area contributed by atoms with E-state index < -0.39 is 0 Å². The van der Waals surface area contributed by atoms with Crippen molar-refractivity contribution >= 4 is 11.8 Å². The Balaban J connectivity index is 1.11. The second-order valence-corrected chi connectivity index (χ2v) is 9.64. The number of rotatable bonds is 10. The summed E-state index contributed by atoms with van der Waals surface area (Å²) in [7, 11) is 1.64. The highest BCUT2D eigenvalue weighted by Crippen LogP contribution is 2.23. The molecule has 2 saturated heterocycles. The fourth-order valence-corrected chi connectivity index (χ4v) is 5.07. The van der Waals surface area contributed by atoms with Crippen molar-refractivity contribution in [3.05, 3.63) is 65.7 Å². The van der Waals surface area contributed by atoms with Crippen molar-refractivity contribution in [2.45, 2.75) is 38.6 Å². The number of piperidine rings is 1. The standard InChI is InChI=1S/C28H37N3O3/c1-34-26-10-8-24(9-11-26)20-31-21-25(19-27(31)32)28(33)29-14-5-15-30-16-12-23(13-17-30)18-22-6-3-2-4-7-22/h2-4,6-11,23,25H,5,12-21H2,1H3,(H,29,33)/t25-/m1/s1. The van der Waals surface area contributed by atoms with Crippen LogP contribution in [-0.4, -0.2) is 61.4 Å². The van der Waals surface area contributed by atoms with Gasteiger partial charge in [0.2, 0.25) is 11.8 Å². The van der Waals surface area contributed by atoms with Gasteiger partial charge in [-0.2, -0.15) is 0 Å². The fourth-order valence-electron chi connectivity index (χ4n) is 5.07. The highest BCUT2D eigenvalue weighted by molar-refractivity contribution is 5.89. The zero-order valence-electron chi connectivity index (χ0n) is 20.2. The maximum Gasteiger partial charge on any atom is 0.225 e. The molecule has 0 radical (unpaired) electrons. The number of benzene rings is 2. The molecule has 0 aromatic heterocycles. The predicted octanol–water partition coefficient (Wildman–Crippen LogP) is 3.50. The Kier molecular flexibility index (Phi) is 8.58. The number of carbonyl (C=O) groups excluding carboxylic acids is 2. The monoisotopic (exact) mass is 463 g/mol. The van der Waals surface area contributed by atoms with Crippen LogP contribution in [0, 0.1) is 11.8 Å². The summed E-state index contributed by atoms with van der Waals surface area (Å²) in [5.74, 6) is 1.38. The van der Waals surface area contributed by atoms with E-state index in [2.05, 4.69) is 40.5 Å². The Labute approximate surface area is 203 Å². The number of hydrogen-bond donors (Lipinski definition) is 1. The average Bonchev–Trinajstić information content (AvgIpc) is 3.24. The van der Waals surface area contributed by atoms with Crippen molar-refractivity contribution in [1.82, 2.24) is 15.1 Å². The van der Waals surface area contributed by atoms with Crippen LogP contribution < -0.4 is 10.1 Å². The number of hydrogen-bond acceptors (Lipinski definition) is 4. The molecule has 0 aliphatic carbocycles. The summed E-state index contributed by atoms with van der Waals surface area (Å²) in [6.45, 7) is 5.00. The van der Waals surface area contributed by atoms with E-state index in [4.69, 9.17) is 4.74 Å². The first-order valence-electron chi connectivity index (χ1n) is 12.6. The Bertz CT molecular complexity index is 924. The van der Waals surface area contributed by atoms with Crippen LogP contribution in [0.5, 0.6) is 5.75 Å². The topological polar surface area (TPSA) is 61.9 Å². The average molecular weight is 464 g/mol. The highest BCUT2D eigenvalue weighted by Gasteiger charge is 2.34. The normalized spacial score (nSPS) is 19.4. The summed E-state index contributed by atoms with van der Waals surface area (Å²) < 4.78 is 5.18. The third-order valence-electron chi connectivity index (χ3n) is 7.14. The maximum atomic E-state index is 12.6. The van der Waals surface area contributed by atoms with Gasteiger partial charge < -0.3 is 19.9 Å². The molecule has 2 heterocycles. The largest absolute Gasteiger partial charge is 0.497 e. The van der Waals surface area contributed by atoms with Gasteiger partial charge in [0.25, 0.3) is 0 Å². The molecule has 0 bridgehead atoms. The van der Waals surface area contributed by atoms with Gasteiger partial charge in [0.05, 0.1) is 13.0 Å². The van der Waals surface area contributed by atoms with Gasteiger partial charge in [-0.15, -0.1) is 0 Å². The fraction of sp³-hybridized carbons (Fsp3) is 0.500. The third kappa shape index (κ3) is 6.83. The van der Waals surface area contributed by atoms with Crippen molar-refractivity contribution in [1.29, 1.82) is 0 Å². The van der Waals surface area contributed by atoms with Crippen molar-refractivity contribution in [2.24, 2.45) is 11.8 Å². The molecule has 0 unspecified atom stereocenters. The van der Waals surface area contributed by atoms with Gasteiger partial charge in [0.15, 0.2) is 0 Å². The Hall–Kier alpha value is -2.86. The number of methoxy groups -OCH3 is 1. The predicted molar refractivity (Wildman–Crippen MR) is 133 cm³/mol. The van der Waals surface area contributed by atoms with E-state index in [1.165, 1.54) is 24.8 Å². The second kappa shape index (κ2) is 12.0. The second-order valence-electron chi connectivity index (χ2n) is 9.64. The van der Waals surface area contributed by atoms with E-state index in [0.717, 1.165) is 43.3 Å². The lowest BCUT2D eigenvalue weighted by Crippen LogP contribution is -2.37. The van der Waals surface area contributed by atoms with Crippen LogP contribution in [0.4, 0.5) is 0 Å². The molecule has 2 fully saturated rings. The van der Waals surface area contributed by atoms with Crippen molar-refractivity contribution in [3.8, 4) is 5.75 Å². The number of ether oxygens (including phenoxy) is 1. The molecule has 0 saturated carbocycles. The molecule has 1 N–H and O–H groups in total. The number of carbonyl (C=O) groups is 2. The van der Waals surface area contributed by atoms with E-state index in [9.17, 15) is 9.59 Å². The zero-order chi connectivity index (χ0) is 23.8. The van der Waals surface area contributed by atoms with Gasteiger partial charge in [-0.3, -0.25) is 9.59 Å². The minimum absolute atomic E-state index is 0.00662. The van der Waals surface area contributed by atoms with E-state index in [-0.39, 0.29) is 17.7 Å². The summed E-state index contributed by atoms with van der Waals surface area (Å²) >= 11 is 0. The number of likely N-dealkylation sites (tertiary alicyclic amines) is 2. The van der Waals surface area contributed by atoms with Crippen LogP contribution in [0.1, 0.15) is 36.8 Å². The molecule has 2 aliphatic rings. The first-order chi connectivity index (χ1) is 16.6. The minimum Gasteiger partial charge on any atom is -0.497 e. The summed E-state index contributed by atoms with van der Waals surface area (Å²) in [6, 6.07) is 18.5. The van der Waals surface area contributed by atoms with E-state index >= 15 is 0 Å². The lowest BCUT2D eigenvalue weighted by atomic mass is 9.90.